The molecule has 9 heteroatoms. The van der Waals surface area contributed by atoms with Crippen LogP contribution in [0.3, 0.4) is 0 Å². The van der Waals surface area contributed by atoms with Gasteiger partial charge in [0.15, 0.2) is 0 Å². The monoisotopic (exact) mass is 406 g/mol. The number of thiazole rings is 1. The highest BCUT2D eigenvalue weighted by Crippen LogP contribution is 2.22. The molecule has 0 saturated heterocycles. The van der Waals surface area contributed by atoms with Crippen molar-refractivity contribution in [2.45, 2.75) is 18.4 Å². The second-order valence-corrected chi connectivity index (χ2v) is 8.35. The third kappa shape index (κ3) is 5.03. The molecule has 2 aromatic carbocycles. The third-order valence-corrected chi connectivity index (χ3v) is 5.97. The molecule has 1 aromatic heterocycles. The minimum atomic E-state index is -3.81. The molecule has 0 fully saturated rings. The van der Waals surface area contributed by atoms with E-state index < -0.39 is 22.5 Å². The maximum atomic E-state index is 12.2. The Morgan fingerprint density at radius 1 is 1.15 bits per heavy atom. The Bertz CT molecular complexity index is 996. The third-order valence-electron chi connectivity index (χ3n) is 3.55. The summed E-state index contributed by atoms with van der Waals surface area (Å²) in [5.74, 6) is -0.101. The normalized spacial score (nSPS) is 11.4. The van der Waals surface area contributed by atoms with Crippen LogP contribution in [0, 0.1) is 0 Å². The fourth-order valence-electron chi connectivity index (χ4n) is 2.29. The summed E-state index contributed by atoms with van der Waals surface area (Å²) in [5, 5.41) is 0.652. The molecule has 0 radical (unpaired) electrons. The van der Waals surface area contributed by atoms with Gasteiger partial charge in [-0.1, -0.05) is 12.1 Å². The first-order valence-corrected chi connectivity index (χ1v) is 10.5. The number of fused-ring (bicyclic) bond motifs is 1. The molecular formula is C18H18N2O5S2. The molecule has 142 valence electrons. The fourth-order valence-corrected chi connectivity index (χ4v) is 4.14. The summed E-state index contributed by atoms with van der Waals surface area (Å²) < 4.78 is 38.1. The van der Waals surface area contributed by atoms with Gasteiger partial charge in [0.2, 0.25) is 10.0 Å². The second kappa shape index (κ2) is 8.47. The number of benzene rings is 2. The number of hydrogen-bond donors (Lipinski definition) is 1. The van der Waals surface area contributed by atoms with Gasteiger partial charge in [-0.2, -0.15) is 4.72 Å². The van der Waals surface area contributed by atoms with E-state index in [1.807, 2.05) is 31.2 Å². The highest BCUT2D eigenvalue weighted by Gasteiger charge is 2.16. The lowest BCUT2D eigenvalue weighted by atomic mass is 10.3. The molecule has 3 aromatic rings. The molecule has 27 heavy (non-hydrogen) atoms. The predicted octanol–water partition coefficient (Wildman–Crippen LogP) is 2.72. The zero-order valence-electron chi connectivity index (χ0n) is 14.5. The quantitative estimate of drug-likeness (QED) is 0.578. The summed E-state index contributed by atoms with van der Waals surface area (Å²) in [6.07, 6.45) is 0. The maximum absolute atomic E-state index is 12.2. The first kappa shape index (κ1) is 19.3. The number of para-hydroxylation sites is 1. The largest absolute Gasteiger partial charge is 0.494 e. The molecule has 0 amide bonds. The Hall–Kier alpha value is -2.49. The SMILES string of the molecule is CCOc1ccc(S(=O)(=O)NCC(=O)OCc2nc3ccccc3s2)cc1. The lowest BCUT2D eigenvalue weighted by Crippen LogP contribution is -2.30. The standard InChI is InChI=1S/C18H18N2O5S2/c1-2-24-13-7-9-14(10-8-13)27(22,23)19-11-18(21)25-12-17-20-15-5-3-4-6-16(15)26-17/h3-10,19H,2,11-12H2,1H3. The predicted molar refractivity (Wildman–Crippen MR) is 102 cm³/mol. The van der Waals surface area contributed by atoms with Crippen LogP contribution in [-0.2, 0) is 26.2 Å². The summed E-state index contributed by atoms with van der Waals surface area (Å²) in [5.41, 5.74) is 0.838. The number of aromatic nitrogens is 1. The van der Waals surface area contributed by atoms with Gasteiger partial charge >= 0.3 is 5.97 Å². The van der Waals surface area contributed by atoms with Crippen LogP contribution in [0.25, 0.3) is 10.2 Å². The molecule has 0 aliphatic rings. The van der Waals surface area contributed by atoms with Crippen molar-refractivity contribution in [1.29, 1.82) is 0 Å². The van der Waals surface area contributed by atoms with Gasteiger partial charge in [0, 0.05) is 0 Å². The Morgan fingerprint density at radius 3 is 2.59 bits per heavy atom. The molecule has 0 saturated carbocycles. The van der Waals surface area contributed by atoms with Crippen molar-refractivity contribution in [3.05, 3.63) is 53.5 Å². The van der Waals surface area contributed by atoms with Gasteiger partial charge in [0.25, 0.3) is 0 Å². The van der Waals surface area contributed by atoms with Crippen LogP contribution in [0.4, 0.5) is 0 Å². The fraction of sp³-hybridized carbons (Fsp3) is 0.222. The van der Waals surface area contributed by atoms with E-state index in [2.05, 4.69) is 9.71 Å². The lowest BCUT2D eigenvalue weighted by Gasteiger charge is -2.08. The highest BCUT2D eigenvalue weighted by molar-refractivity contribution is 7.89. The minimum Gasteiger partial charge on any atom is -0.494 e. The number of carbonyl (C=O) groups excluding carboxylic acids is 1. The van der Waals surface area contributed by atoms with Gasteiger partial charge < -0.3 is 9.47 Å². The Morgan fingerprint density at radius 2 is 1.89 bits per heavy atom. The molecule has 0 aliphatic heterocycles. The van der Waals surface area contributed by atoms with Crippen LogP contribution in [0.5, 0.6) is 5.75 Å². The lowest BCUT2D eigenvalue weighted by molar-refractivity contribution is -0.143. The van der Waals surface area contributed by atoms with E-state index in [0.717, 1.165) is 10.2 Å². The second-order valence-electron chi connectivity index (χ2n) is 5.46. The minimum absolute atomic E-state index is 0.00294. The molecule has 1 N–H and O–H groups in total. The van der Waals surface area contributed by atoms with Crippen LogP contribution in [0.1, 0.15) is 11.9 Å². The highest BCUT2D eigenvalue weighted by atomic mass is 32.2. The van der Waals surface area contributed by atoms with E-state index in [1.165, 1.54) is 23.5 Å². The first-order valence-electron chi connectivity index (χ1n) is 8.20. The summed E-state index contributed by atoms with van der Waals surface area (Å²) >= 11 is 1.43. The van der Waals surface area contributed by atoms with Gasteiger partial charge in [-0.05, 0) is 43.3 Å². The zero-order chi connectivity index (χ0) is 19.3. The molecule has 0 spiro atoms. The van der Waals surface area contributed by atoms with Crippen molar-refractivity contribution >= 4 is 37.5 Å². The average Bonchev–Trinajstić information content (AvgIpc) is 3.08. The molecule has 0 bridgehead atoms. The van der Waals surface area contributed by atoms with Crippen molar-refractivity contribution in [3.8, 4) is 5.75 Å². The Labute approximate surface area is 161 Å². The zero-order valence-corrected chi connectivity index (χ0v) is 16.2. The van der Waals surface area contributed by atoms with Crippen LogP contribution in [0.15, 0.2) is 53.4 Å². The van der Waals surface area contributed by atoms with E-state index in [1.54, 1.807) is 12.1 Å². The molecule has 1 heterocycles. The molecule has 0 aliphatic carbocycles. The maximum Gasteiger partial charge on any atom is 0.321 e. The average molecular weight is 406 g/mol. The van der Waals surface area contributed by atoms with Crippen molar-refractivity contribution in [2.75, 3.05) is 13.2 Å². The van der Waals surface area contributed by atoms with E-state index in [9.17, 15) is 13.2 Å². The van der Waals surface area contributed by atoms with Crippen molar-refractivity contribution < 1.29 is 22.7 Å². The van der Waals surface area contributed by atoms with Gasteiger partial charge in [0.1, 0.15) is 23.9 Å². The van der Waals surface area contributed by atoms with E-state index in [-0.39, 0.29) is 11.5 Å². The topological polar surface area (TPSA) is 94.6 Å². The number of esters is 1. The number of rotatable bonds is 8. The smallest absolute Gasteiger partial charge is 0.321 e. The summed E-state index contributed by atoms with van der Waals surface area (Å²) in [6.45, 7) is 1.88. The summed E-state index contributed by atoms with van der Waals surface area (Å²) in [7, 11) is -3.81. The molecule has 0 unspecified atom stereocenters. The summed E-state index contributed by atoms with van der Waals surface area (Å²) in [6, 6.07) is 13.6. The molecular weight excluding hydrogens is 388 g/mol. The summed E-state index contributed by atoms with van der Waals surface area (Å²) in [4.78, 5) is 16.3. The van der Waals surface area contributed by atoms with E-state index >= 15 is 0 Å². The Kier molecular flexibility index (Phi) is 6.04. The van der Waals surface area contributed by atoms with Gasteiger partial charge in [-0.3, -0.25) is 4.79 Å². The molecule has 0 atom stereocenters. The van der Waals surface area contributed by atoms with Crippen molar-refractivity contribution in [1.82, 2.24) is 9.71 Å². The Balaban J connectivity index is 1.53. The number of nitrogens with zero attached hydrogens (tertiary/aromatic N) is 1. The number of sulfonamides is 1. The van der Waals surface area contributed by atoms with Crippen LogP contribution < -0.4 is 9.46 Å². The van der Waals surface area contributed by atoms with Gasteiger partial charge in [-0.25, -0.2) is 13.4 Å². The van der Waals surface area contributed by atoms with Gasteiger partial charge in [-0.15, -0.1) is 11.3 Å². The van der Waals surface area contributed by atoms with E-state index in [0.29, 0.717) is 17.4 Å². The molecule has 3 rings (SSSR count). The number of hydrogen-bond acceptors (Lipinski definition) is 7. The first-order chi connectivity index (χ1) is 13.0. The van der Waals surface area contributed by atoms with Crippen molar-refractivity contribution in [2.24, 2.45) is 0 Å². The number of ether oxygens (including phenoxy) is 2. The number of carbonyl (C=O) groups is 1. The number of nitrogens with one attached hydrogen (secondary N) is 1. The van der Waals surface area contributed by atoms with E-state index in [4.69, 9.17) is 9.47 Å². The van der Waals surface area contributed by atoms with Crippen LogP contribution in [-0.4, -0.2) is 32.5 Å². The van der Waals surface area contributed by atoms with Gasteiger partial charge in [0.05, 0.1) is 21.7 Å². The van der Waals surface area contributed by atoms with Crippen LogP contribution in [0.2, 0.25) is 0 Å². The van der Waals surface area contributed by atoms with Crippen molar-refractivity contribution in [3.63, 3.8) is 0 Å². The molecule has 7 nitrogen and oxygen atoms in total. The van der Waals surface area contributed by atoms with Crippen LogP contribution >= 0.6 is 11.3 Å².